The number of nitrogens with one attached hydrogen (secondary N) is 2. The second kappa shape index (κ2) is 6.24. The molecule has 1 aromatic rings. The van der Waals surface area contributed by atoms with Gasteiger partial charge in [-0.15, -0.1) is 0 Å². The molecule has 0 aromatic carbocycles. The number of aliphatic hydroxyl groups is 1. The van der Waals surface area contributed by atoms with Crippen LogP contribution in [0, 0.1) is 13.8 Å². The lowest BCUT2D eigenvalue weighted by atomic mass is 10.3. The maximum Gasteiger partial charge on any atom is 0.148 e. The first-order valence-electron chi connectivity index (χ1n) is 5.35. The van der Waals surface area contributed by atoms with Gasteiger partial charge in [-0.25, -0.2) is 15.8 Å². The highest BCUT2D eigenvalue weighted by molar-refractivity contribution is 5.56. The van der Waals surface area contributed by atoms with Crippen molar-refractivity contribution in [3.8, 4) is 0 Å². The summed E-state index contributed by atoms with van der Waals surface area (Å²) in [5.41, 5.74) is 3.45. The van der Waals surface area contributed by atoms with Gasteiger partial charge in [0.2, 0.25) is 0 Å². The third-order valence-electron chi connectivity index (χ3n) is 2.27. The fourth-order valence-corrected chi connectivity index (χ4v) is 1.38. The average molecular weight is 225 g/mol. The number of nitrogens with two attached hydrogens (primary N) is 1. The van der Waals surface area contributed by atoms with Crippen molar-refractivity contribution in [1.82, 2.24) is 9.97 Å². The number of hydrogen-bond acceptors (Lipinski definition) is 6. The Morgan fingerprint density at radius 1 is 1.19 bits per heavy atom. The van der Waals surface area contributed by atoms with Gasteiger partial charge in [-0.2, -0.15) is 0 Å². The maximum atomic E-state index is 8.66. The number of nitrogen functional groups attached to an aromatic ring is 1. The third kappa shape index (κ3) is 3.32. The van der Waals surface area contributed by atoms with E-state index in [2.05, 4.69) is 20.7 Å². The second-order valence-electron chi connectivity index (χ2n) is 3.59. The molecular weight excluding hydrogens is 206 g/mol. The van der Waals surface area contributed by atoms with Crippen LogP contribution in [0.25, 0.3) is 0 Å². The summed E-state index contributed by atoms with van der Waals surface area (Å²) in [4.78, 5) is 8.47. The fraction of sp³-hybridized carbons (Fsp3) is 0.600. The Kier molecular flexibility index (Phi) is 4.94. The SMILES string of the molecule is Cc1nc(NN)c(C)c(NCCCCO)n1. The molecule has 0 aliphatic carbocycles. The van der Waals surface area contributed by atoms with E-state index in [4.69, 9.17) is 10.9 Å². The summed E-state index contributed by atoms with van der Waals surface area (Å²) in [7, 11) is 0. The zero-order valence-electron chi connectivity index (χ0n) is 9.75. The summed E-state index contributed by atoms with van der Waals surface area (Å²) >= 11 is 0. The number of hydrogen-bond donors (Lipinski definition) is 4. The summed E-state index contributed by atoms with van der Waals surface area (Å²) in [6.45, 7) is 4.73. The lowest BCUT2D eigenvalue weighted by Gasteiger charge is -2.12. The van der Waals surface area contributed by atoms with E-state index in [9.17, 15) is 0 Å². The largest absolute Gasteiger partial charge is 0.396 e. The molecule has 90 valence electrons. The Balaban J connectivity index is 2.67. The van der Waals surface area contributed by atoms with Crippen LogP contribution in [-0.2, 0) is 0 Å². The van der Waals surface area contributed by atoms with Crippen LogP contribution in [0.15, 0.2) is 0 Å². The smallest absolute Gasteiger partial charge is 0.148 e. The standard InChI is InChI=1S/C10H19N5O/c1-7-9(12-5-3-4-6-16)13-8(2)14-10(7)15-11/h16H,3-6,11H2,1-2H3,(H2,12,13,14,15). The predicted octanol–water partition coefficient (Wildman–Crippen LogP) is 0.563. The summed E-state index contributed by atoms with van der Waals surface area (Å²) in [6.07, 6.45) is 1.70. The number of hydrazine groups is 1. The number of aromatic nitrogens is 2. The zero-order chi connectivity index (χ0) is 12.0. The molecule has 0 unspecified atom stereocenters. The van der Waals surface area contributed by atoms with E-state index in [0.29, 0.717) is 11.6 Å². The lowest BCUT2D eigenvalue weighted by molar-refractivity contribution is 0.286. The molecule has 0 saturated heterocycles. The van der Waals surface area contributed by atoms with Crippen molar-refractivity contribution in [3.63, 3.8) is 0 Å². The molecule has 1 rings (SSSR count). The van der Waals surface area contributed by atoms with Crippen LogP contribution in [0.3, 0.4) is 0 Å². The van der Waals surface area contributed by atoms with Crippen LogP contribution < -0.4 is 16.6 Å². The maximum absolute atomic E-state index is 8.66. The minimum atomic E-state index is 0.221. The van der Waals surface area contributed by atoms with Crippen molar-refractivity contribution in [2.75, 3.05) is 23.9 Å². The quantitative estimate of drug-likeness (QED) is 0.321. The molecule has 0 aliphatic heterocycles. The molecule has 0 fully saturated rings. The fourth-order valence-electron chi connectivity index (χ4n) is 1.38. The Labute approximate surface area is 95.3 Å². The van der Waals surface area contributed by atoms with Crippen LogP contribution >= 0.6 is 0 Å². The van der Waals surface area contributed by atoms with Crippen LogP contribution in [0.4, 0.5) is 11.6 Å². The first kappa shape index (κ1) is 12.7. The lowest BCUT2D eigenvalue weighted by Crippen LogP contribution is -2.14. The molecule has 6 heteroatoms. The Bertz CT molecular complexity index is 342. The molecule has 0 bridgehead atoms. The number of aryl methyl sites for hydroxylation is 1. The second-order valence-corrected chi connectivity index (χ2v) is 3.59. The van der Waals surface area contributed by atoms with Crippen LogP contribution in [0.5, 0.6) is 0 Å². The highest BCUT2D eigenvalue weighted by Gasteiger charge is 2.07. The Hall–Kier alpha value is -1.40. The van der Waals surface area contributed by atoms with Crippen LogP contribution in [0.2, 0.25) is 0 Å². The number of unbranched alkanes of at least 4 members (excludes halogenated alkanes) is 1. The van der Waals surface area contributed by atoms with Gasteiger partial charge in [0.25, 0.3) is 0 Å². The molecule has 1 aromatic heterocycles. The number of anilines is 2. The van der Waals surface area contributed by atoms with Gasteiger partial charge in [0.15, 0.2) is 0 Å². The van der Waals surface area contributed by atoms with Gasteiger partial charge in [0.1, 0.15) is 17.5 Å². The molecule has 0 saturated carbocycles. The number of rotatable bonds is 6. The molecule has 1 heterocycles. The molecule has 0 atom stereocenters. The van der Waals surface area contributed by atoms with Crippen molar-refractivity contribution < 1.29 is 5.11 Å². The van der Waals surface area contributed by atoms with E-state index in [1.54, 1.807) is 0 Å². The van der Waals surface area contributed by atoms with Crippen molar-refractivity contribution >= 4 is 11.6 Å². The zero-order valence-corrected chi connectivity index (χ0v) is 9.75. The molecule has 0 radical (unpaired) electrons. The van der Waals surface area contributed by atoms with Gasteiger partial charge in [-0.05, 0) is 26.7 Å². The Morgan fingerprint density at radius 2 is 1.88 bits per heavy atom. The van der Waals surface area contributed by atoms with Crippen molar-refractivity contribution in [2.45, 2.75) is 26.7 Å². The highest BCUT2D eigenvalue weighted by Crippen LogP contribution is 2.18. The number of nitrogens with zero attached hydrogens (tertiary/aromatic N) is 2. The van der Waals surface area contributed by atoms with E-state index >= 15 is 0 Å². The molecule has 0 amide bonds. The first-order valence-corrected chi connectivity index (χ1v) is 5.35. The van der Waals surface area contributed by atoms with Gasteiger partial charge >= 0.3 is 0 Å². The van der Waals surface area contributed by atoms with Crippen molar-refractivity contribution in [2.24, 2.45) is 5.84 Å². The molecule has 0 aliphatic rings. The van der Waals surface area contributed by atoms with E-state index in [1.807, 2.05) is 13.8 Å². The summed E-state index contributed by atoms with van der Waals surface area (Å²) in [5.74, 6) is 7.46. The topological polar surface area (TPSA) is 96.1 Å². The normalized spacial score (nSPS) is 10.2. The van der Waals surface area contributed by atoms with Crippen LogP contribution in [0.1, 0.15) is 24.2 Å². The molecule has 16 heavy (non-hydrogen) atoms. The Morgan fingerprint density at radius 3 is 2.50 bits per heavy atom. The summed E-state index contributed by atoms with van der Waals surface area (Å²) < 4.78 is 0. The molecular formula is C10H19N5O. The molecule has 5 N–H and O–H groups in total. The summed E-state index contributed by atoms with van der Waals surface area (Å²) in [5, 5.41) is 11.9. The monoisotopic (exact) mass is 225 g/mol. The van der Waals surface area contributed by atoms with Gasteiger partial charge < -0.3 is 15.8 Å². The van der Waals surface area contributed by atoms with Gasteiger partial charge in [-0.3, -0.25) is 0 Å². The molecule has 6 nitrogen and oxygen atoms in total. The predicted molar refractivity (Wildman–Crippen MR) is 64.1 cm³/mol. The minimum absolute atomic E-state index is 0.221. The minimum Gasteiger partial charge on any atom is -0.396 e. The van der Waals surface area contributed by atoms with Gasteiger partial charge in [0, 0.05) is 18.7 Å². The van der Waals surface area contributed by atoms with Crippen molar-refractivity contribution in [1.29, 1.82) is 0 Å². The summed E-state index contributed by atoms with van der Waals surface area (Å²) in [6, 6.07) is 0. The van der Waals surface area contributed by atoms with Gasteiger partial charge in [-0.1, -0.05) is 0 Å². The van der Waals surface area contributed by atoms with Crippen molar-refractivity contribution in [3.05, 3.63) is 11.4 Å². The highest BCUT2D eigenvalue weighted by atomic mass is 16.2. The van der Waals surface area contributed by atoms with Gasteiger partial charge in [0.05, 0.1) is 0 Å². The average Bonchev–Trinajstić information content (AvgIpc) is 2.28. The van der Waals surface area contributed by atoms with Crippen LogP contribution in [-0.4, -0.2) is 28.2 Å². The van der Waals surface area contributed by atoms with E-state index in [-0.39, 0.29) is 6.61 Å². The van der Waals surface area contributed by atoms with E-state index < -0.39 is 0 Å². The van der Waals surface area contributed by atoms with E-state index in [0.717, 1.165) is 30.8 Å². The number of aliphatic hydroxyl groups excluding tert-OH is 1. The first-order chi connectivity index (χ1) is 7.69. The molecule has 0 spiro atoms. The third-order valence-corrected chi connectivity index (χ3v) is 2.27. The van der Waals surface area contributed by atoms with E-state index in [1.165, 1.54) is 0 Å².